The van der Waals surface area contributed by atoms with E-state index >= 15 is 0 Å². The van der Waals surface area contributed by atoms with Crippen molar-refractivity contribution in [2.24, 2.45) is 11.7 Å². The molecule has 10 nitrogen and oxygen atoms in total. The van der Waals surface area contributed by atoms with Crippen molar-refractivity contribution in [3.63, 3.8) is 0 Å². The highest BCUT2D eigenvalue weighted by Crippen LogP contribution is 2.30. The van der Waals surface area contributed by atoms with E-state index in [0.29, 0.717) is 24.5 Å². The second-order valence-corrected chi connectivity index (χ2v) is 9.70. The van der Waals surface area contributed by atoms with Crippen LogP contribution in [0.4, 0.5) is 11.4 Å². The number of anilines is 2. The molecule has 0 radical (unpaired) electrons. The van der Waals surface area contributed by atoms with Crippen molar-refractivity contribution < 1.29 is 27.5 Å². The third kappa shape index (κ3) is 5.05. The average molecular weight is 489 g/mol. The molecule has 1 aliphatic heterocycles. The van der Waals surface area contributed by atoms with Gasteiger partial charge in [-0.15, -0.1) is 0 Å². The van der Waals surface area contributed by atoms with E-state index in [1.165, 1.54) is 46.6 Å². The first kappa shape index (κ1) is 25.2. The highest BCUT2D eigenvalue weighted by Gasteiger charge is 2.35. The molecule has 1 saturated heterocycles. The lowest BCUT2D eigenvalue weighted by molar-refractivity contribution is -0.122. The van der Waals surface area contributed by atoms with Crippen molar-refractivity contribution >= 4 is 39.1 Å². The maximum absolute atomic E-state index is 12.9. The minimum atomic E-state index is -3.61. The van der Waals surface area contributed by atoms with E-state index in [1.54, 1.807) is 26.0 Å². The van der Waals surface area contributed by atoms with Crippen LogP contribution in [0.3, 0.4) is 0 Å². The standard InChI is InChI=1S/C23H28N4O6S/c1-4-26(5-2)34(31,32)18-9-7-17(8-10-18)27-14-16(13-21(27)28)23(30)25-19-12-15(22(24)29)6-11-20(19)33-3/h6-12,16H,4-5,13-14H2,1-3H3,(H2,24,29)(H,25,30). The van der Waals surface area contributed by atoms with Crippen molar-refractivity contribution in [2.45, 2.75) is 25.2 Å². The first-order valence-corrected chi connectivity index (χ1v) is 12.3. The summed E-state index contributed by atoms with van der Waals surface area (Å²) in [5, 5.41) is 2.71. The summed E-state index contributed by atoms with van der Waals surface area (Å²) in [6, 6.07) is 10.5. The summed E-state index contributed by atoms with van der Waals surface area (Å²) >= 11 is 0. The van der Waals surface area contributed by atoms with Gasteiger partial charge in [0.1, 0.15) is 5.75 Å². The number of nitrogens with zero attached hydrogens (tertiary/aromatic N) is 2. The zero-order valence-corrected chi connectivity index (χ0v) is 20.1. The lowest BCUT2D eigenvalue weighted by atomic mass is 10.1. The number of carbonyl (C=O) groups is 3. The molecule has 2 aromatic carbocycles. The quantitative estimate of drug-likeness (QED) is 0.552. The van der Waals surface area contributed by atoms with Gasteiger partial charge >= 0.3 is 0 Å². The second-order valence-electron chi connectivity index (χ2n) is 7.76. The van der Waals surface area contributed by atoms with Crippen LogP contribution in [-0.2, 0) is 19.6 Å². The molecular formula is C23H28N4O6S. The molecule has 0 saturated carbocycles. The van der Waals surface area contributed by atoms with Gasteiger partial charge in [-0.1, -0.05) is 13.8 Å². The van der Waals surface area contributed by atoms with Gasteiger partial charge < -0.3 is 20.7 Å². The molecule has 0 spiro atoms. The summed E-state index contributed by atoms with van der Waals surface area (Å²) in [6.45, 7) is 4.38. The smallest absolute Gasteiger partial charge is 0.248 e. The third-order valence-electron chi connectivity index (χ3n) is 5.73. The number of hydrogen-bond acceptors (Lipinski definition) is 6. The molecule has 3 amide bonds. The molecule has 1 atom stereocenters. The Morgan fingerprint density at radius 3 is 2.35 bits per heavy atom. The number of sulfonamides is 1. The zero-order chi connectivity index (χ0) is 25.0. The molecule has 34 heavy (non-hydrogen) atoms. The van der Waals surface area contributed by atoms with Crippen LogP contribution < -0.4 is 20.7 Å². The van der Waals surface area contributed by atoms with E-state index in [4.69, 9.17) is 10.5 Å². The Hall–Kier alpha value is -3.44. The van der Waals surface area contributed by atoms with E-state index in [-0.39, 0.29) is 35.0 Å². The van der Waals surface area contributed by atoms with Crippen LogP contribution in [0.25, 0.3) is 0 Å². The van der Waals surface area contributed by atoms with Gasteiger partial charge in [-0.2, -0.15) is 4.31 Å². The fourth-order valence-corrected chi connectivity index (χ4v) is 5.30. The molecule has 3 rings (SSSR count). The largest absolute Gasteiger partial charge is 0.495 e. The van der Waals surface area contributed by atoms with Gasteiger partial charge in [0.2, 0.25) is 27.7 Å². The van der Waals surface area contributed by atoms with Crippen LogP contribution in [0, 0.1) is 5.92 Å². The third-order valence-corrected chi connectivity index (χ3v) is 7.79. The number of carbonyl (C=O) groups excluding carboxylic acids is 3. The Labute approximate surface area is 198 Å². The molecule has 182 valence electrons. The molecule has 2 aromatic rings. The summed E-state index contributed by atoms with van der Waals surface area (Å²) in [4.78, 5) is 38.6. The van der Waals surface area contributed by atoms with E-state index in [2.05, 4.69) is 5.32 Å². The summed E-state index contributed by atoms with van der Waals surface area (Å²) < 4.78 is 31.9. The summed E-state index contributed by atoms with van der Waals surface area (Å²) in [7, 11) is -2.18. The predicted molar refractivity (Wildman–Crippen MR) is 127 cm³/mol. The molecule has 11 heteroatoms. The van der Waals surface area contributed by atoms with Crippen LogP contribution in [0.5, 0.6) is 5.75 Å². The average Bonchev–Trinajstić information content (AvgIpc) is 3.21. The van der Waals surface area contributed by atoms with Crippen molar-refractivity contribution in [1.29, 1.82) is 0 Å². The zero-order valence-electron chi connectivity index (χ0n) is 19.3. The van der Waals surface area contributed by atoms with Gasteiger partial charge in [0.25, 0.3) is 0 Å². The van der Waals surface area contributed by atoms with Gasteiger partial charge in [-0.25, -0.2) is 8.42 Å². The van der Waals surface area contributed by atoms with Gasteiger partial charge in [0.15, 0.2) is 0 Å². The van der Waals surface area contributed by atoms with Crippen LogP contribution in [-0.4, -0.2) is 57.2 Å². The first-order valence-electron chi connectivity index (χ1n) is 10.8. The number of methoxy groups -OCH3 is 1. The van der Waals surface area contributed by atoms with Crippen LogP contribution in [0.15, 0.2) is 47.4 Å². The Morgan fingerprint density at radius 1 is 1.15 bits per heavy atom. The summed E-state index contributed by atoms with van der Waals surface area (Å²) in [6.07, 6.45) is -0.0108. The maximum Gasteiger partial charge on any atom is 0.248 e. The molecule has 3 N–H and O–H groups in total. The molecule has 1 aliphatic rings. The molecule has 0 aliphatic carbocycles. The second kappa shape index (κ2) is 10.2. The van der Waals surface area contributed by atoms with Crippen LogP contribution >= 0.6 is 0 Å². The molecule has 0 aromatic heterocycles. The van der Waals surface area contributed by atoms with Crippen molar-refractivity contribution in [3.05, 3.63) is 48.0 Å². The number of ether oxygens (including phenoxy) is 1. The molecule has 1 unspecified atom stereocenters. The van der Waals surface area contributed by atoms with Gasteiger partial charge in [-0.05, 0) is 42.5 Å². The van der Waals surface area contributed by atoms with E-state index in [0.717, 1.165) is 0 Å². The number of nitrogens with two attached hydrogens (primary N) is 1. The summed E-state index contributed by atoms with van der Waals surface area (Å²) in [5.74, 6) is -1.60. The van der Waals surface area contributed by atoms with Gasteiger partial charge in [-0.3, -0.25) is 14.4 Å². The molecular weight excluding hydrogens is 460 g/mol. The minimum Gasteiger partial charge on any atom is -0.495 e. The predicted octanol–water partition coefficient (Wildman–Crippen LogP) is 1.82. The van der Waals surface area contributed by atoms with Gasteiger partial charge in [0, 0.05) is 37.3 Å². The minimum absolute atomic E-state index is 0.0108. The fourth-order valence-electron chi connectivity index (χ4n) is 3.84. The molecule has 1 fully saturated rings. The number of amides is 3. The fraction of sp³-hybridized carbons (Fsp3) is 0.348. The number of nitrogens with one attached hydrogen (secondary N) is 1. The van der Waals surface area contributed by atoms with Crippen molar-refractivity contribution in [3.8, 4) is 5.75 Å². The Bertz CT molecular complexity index is 1190. The van der Waals surface area contributed by atoms with Crippen LogP contribution in [0.1, 0.15) is 30.6 Å². The maximum atomic E-state index is 12.9. The van der Waals surface area contributed by atoms with E-state index in [1.807, 2.05) is 0 Å². The number of benzene rings is 2. The number of hydrogen-bond donors (Lipinski definition) is 2. The molecule has 1 heterocycles. The lowest BCUT2D eigenvalue weighted by Gasteiger charge is -2.20. The Balaban J connectivity index is 1.75. The highest BCUT2D eigenvalue weighted by atomic mass is 32.2. The highest BCUT2D eigenvalue weighted by molar-refractivity contribution is 7.89. The Morgan fingerprint density at radius 2 is 1.79 bits per heavy atom. The normalized spacial score (nSPS) is 16.1. The topological polar surface area (TPSA) is 139 Å². The first-order chi connectivity index (χ1) is 16.1. The SMILES string of the molecule is CCN(CC)S(=O)(=O)c1ccc(N2CC(C(=O)Nc3cc(C(N)=O)ccc3OC)CC2=O)cc1. The monoisotopic (exact) mass is 488 g/mol. The van der Waals surface area contributed by atoms with Crippen molar-refractivity contribution in [2.75, 3.05) is 37.0 Å². The van der Waals surface area contributed by atoms with E-state index < -0.39 is 27.8 Å². The lowest BCUT2D eigenvalue weighted by Crippen LogP contribution is -2.31. The Kier molecular flexibility index (Phi) is 7.57. The molecule has 0 bridgehead atoms. The number of primary amides is 1. The van der Waals surface area contributed by atoms with Crippen LogP contribution in [0.2, 0.25) is 0 Å². The number of rotatable bonds is 9. The van der Waals surface area contributed by atoms with Gasteiger partial charge in [0.05, 0.1) is 23.6 Å². The summed E-state index contributed by atoms with van der Waals surface area (Å²) in [5.41, 5.74) is 6.31. The van der Waals surface area contributed by atoms with E-state index in [9.17, 15) is 22.8 Å². The van der Waals surface area contributed by atoms with Crippen molar-refractivity contribution in [1.82, 2.24) is 4.31 Å².